The maximum Gasteiger partial charge on any atom is 0.338 e. The number of ether oxygens (including phenoxy) is 5. The molecule has 5 aliphatic rings. The SMILES string of the molecule is CC(=O)O[C@H]1C(=O)[C@]23C[C@H]2C[C@H]2CO[C@@]2(OC(C)=O)[C@H]3[C@H](OC(=O)c2ccccc2)[C@]2(O)C[C@H](OC(=O)[C@H](O)[C@@H](NC(=O)NC(C)(C)C)c3ccccc3)C(C)=C1C2(C)C. The van der Waals surface area contributed by atoms with Crippen molar-refractivity contribution in [2.75, 3.05) is 6.61 Å². The predicted octanol–water partition coefficient (Wildman–Crippen LogP) is 4.25. The van der Waals surface area contributed by atoms with E-state index in [1.54, 1.807) is 90.1 Å². The molecule has 2 aromatic rings. The van der Waals surface area contributed by atoms with Crippen molar-refractivity contribution in [1.29, 1.82) is 0 Å². The smallest absolute Gasteiger partial charge is 0.338 e. The third-order valence-electron chi connectivity index (χ3n) is 13.3. The van der Waals surface area contributed by atoms with E-state index in [0.717, 1.165) is 6.92 Å². The fraction of sp³-hybridized carbons (Fsp3) is 0.556. The molecule has 322 valence electrons. The summed E-state index contributed by atoms with van der Waals surface area (Å²) in [6.45, 7) is 12.7. The number of ketones is 1. The van der Waals surface area contributed by atoms with Gasteiger partial charge < -0.3 is 44.5 Å². The quantitative estimate of drug-likeness (QED) is 0.158. The van der Waals surface area contributed by atoms with Crippen LogP contribution in [0.4, 0.5) is 4.79 Å². The highest BCUT2D eigenvalue weighted by atomic mass is 16.7. The van der Waals surface area contributed by atoms with Gasteiger partial charge in [0.25, 0.3) is 0 Å². The van der Waals surface area contributed by atoms with E-state index < -0.39 is 112 Å². The topological polar surface area (TPSA) is 213 Å². The molecular weight excluding hydrogens is 776 g/mol. The van der Waals surface area contributed by atoms with E-state index in [0.29, 0.717) is 12.0 Å². The van der Waals surface area contributed by atoms with Crippen LogP contribution in [0.15, 0.2) is 71.8 Å². The molecule has 2 aromatic carbocycles. The average molecular weight is 831 g/mol. The number of hydrogen-bond acceptors (Lipinski definition) is 13. The minimum atomic E-state index is -2.26. The minimum absolute atomic E-state index is 0.128. The van der Waals surface area contributed by atoms with E-state index >= 15 is 4.79 Å². The lowest BCUT2D eigenvalue weighted by Crippen LogP contribution is -2.76. The van der Waals surface area contributed by atoms with Crippen molar-refractivity contribution in [3.8, 4) is 0 Å². The third-order valence-corrected chi connectivity index (χ3v) is 13.3. The van der Waals surface area contributed by atoms with Crippen LogP contribution in [0.1, 0.15) is 96.6 Å². The Morgan fingerprint density at radius 2 is 1.52 bits per heavy atom. The molecule has 0 aromatic heterocycles. The van der Waals surface area contributed by atoms with Gasteiger partial charge in [0.15, 0.2) is 18.0 Å². The predicted molar refractivity (Wildman–Crippen MR) is 211 cm³/mol. The van der Waals surface area contributed by atoms with Crippen LogP contribution in [0, 0.1) is 28.6 Å². The molecule has 15 heteroatoms. The lowest BCUT2D eigenvalue weighted by molar-refractivity contribution is -0.392. The van der Waals surface area contributed by atoms with Crippen molar-refractivity contribution in [3.05, 3.63) is 82.9 Å². The highest BCUT2D eigenvalue weighted by Gasteiger charge is 2.84. The number of fused-ring (bicyclic) bond motifs is 4. The number of carbonyl (C=O) groups excluding carboxylic acids is 6. The van der Waals surface area contributed by atoms with Crippen molar-refractivity contribution < 1.29 is 62.7 Å². The highest BCUT2D eigenvalue weighted by molar-refractivity contribution is 5.97. The number of aliphatic hydroxyl groups is 2. The largest absolute Gasteiger partial charge is 0.456 e. The Hall–Kier alpha value is -5.12. The maximum atomic E-state index is 15.4. The minimum Gasteiger partial charge on any atom is -0.456 e. The van der Waals surface area contributed by atoms with Gasteiger partial charge >= 0.3 is 29.9 Å². The van der Waals surface area contributed by atoms with Crippen molar-refractivity contribution in [1.82, 2.24) is 10.6 Å². The zero-order valence-electron chi connectivity index (χ0n) is 35.1. The van der Waals surface area contributed by atoms with Gasteiger partial charge in [-0.3, -0.25) is 14.4 Å². The van der Waals surface area contributed by atoms with Gasteiger partial charge in [0.1, 0.15) is 17.8 Å². The fourth-order valence-electron chi connectivity index (χ4n) is 10.5. The van der Waals surface area contributed by atoms with Crippen LogP contribution < -0.4 is 10.6 Å². The molecule has 4 N–H and O–H groups in total. The van der Waals surface area contributed by atoms with E-state index in [1.807, 2.05) is 0 Å². The Morgan fingerprint density at radius 1 is 0.883 bits per heavy atom. The van der Waals surface area contributed by atoms with Gasteiger partial charge in [0.05, 0.1) is 24.1 Å². The molecule has 7 rings (SSSR count). The molecule has 2 amide bonds. The number of aliphatic hydroxyl groups excluding tert-OH is 1. The molecule has 0 radical (unpaired) electrons. The van der Waals surface area contributed by atoms with Gasteiger partial charge in [-0.25, -0.2) is 14.4 Å². The lowest BCUT2D eigenvalue weighted by atomic mass is 9.49. The standard InChI is InChI=1S/C45H54N2O13/c1-23-30(58-39(53)33(50)32(26-15-11-9-12-16-26)46-40(54)47-41(4,5)6)21-44(55)37(59-38(52)27-17-13-10-14-18-27)35-43(36(51)34(57-24(2)48)31(23)42(44,7)8)20-28(43)19-29-22-56-45(29,35)60-25(3)49/h9-18,28-30,32-35,37,50,55H,19-22H2,1-8H3,(H2,46,47,54)/t28-,29+,30+,32+,33-,34-,35+,37+,43-,44-,45+/m1/s1. The number of urea groups is 1. The van der Waals surface area contributed by atoms with Crippen LogP contribution in [0.2, 0.25) is 0 Å². The van der Waals surface area contributed by atoms with Crippen molar-refractivity contribution >= 4 is 35.7 Å². The van der Waals surface area contributed by atoms with Crippen LogP contribution in [-0.4, -0.2) is 93.9 Å². The zero-order chi connectivity index (χ0) is 43.7. The summed E-state index contributed by atoms with van der Waals surface area (Å²) in [7, 11) is 0. The Balaban J connectivity index is 1.37. The molecule has 0 unspecified atom stereocenters. The molecular formula is C45H54N2O13. The third kappa shape index (κ3) is 7.07. The first kappa shape index (κ1) is 43.0. The Kier molecular flexibility index (Phi) is 10.8. The van der Waals surface area contributed by atoms with Gasteiger partial charge in [0.2, 0.25) is 5.79 Å². The summed E-state index contributed by atoms with van der Waals surface area (Å²) < 4.78 is 30.7. The molecule has 4 aliphatic carbocycles. The van der Waals surface area contributed by atoms with Crippen LogP contribution in [-0.2, 0) is 42.9 Å². The zero-order valence-corrected chi connectivity index (χ0v) is 35.1. The molecule has 15 nitrogen and oxygen atoms in total. The Labute approximate surface area is 348 Å². The number of nitrogens with one attached hydrogen (secondary N) is 2. The molecule has 4 fully saturated rings. The molecule has 3 saturated carbocycles. The van der Waals surface area contributed by atoms with E-state index in [1.165, 1.54) is 19.1 Å². The van der Waals surface area contributed by atoms with Gasteiger partial charge in [0, 0.05) is 42.6 Å². The Morgan fingerprint density at radius 3 is 2.08 bits per heavy atom. The number of benzene rings is 2. The average Bonchev–Trinajstić information content (AvgIpc) is 3.90. The maximum absolute atomic E-state index is 15.4. The molecule has 1 spiro atoms. The number of amides is 2. The van der Waals surface area contributed by atoms with Gasteiger partial charge in [-0.1, -0.05) is 62.4 Å². The summed E-state index contributed by atoms with van der Waals surface area (Å²) in [5.41, 5.74) is -5.02. The van der Waals surface area contributed by atoms with Crippen LogP contribution >= 0.6 is 0 Å². The molecule has 1 saturated heterocycles. The number of rotatable bonds is 9. The number of esters is 4. The summed E-state index contributed by atoms with van der Waals surface area (Å²) in [6, 6.07) is 14.4. The summed E-state index contributed by atoms with van der Waals surface area (Å²) in [6.07, 6.45) is -6.45. The summed E-state index contributed by atoms with van der Waals surface area (Å²) in [5, 5.41) is 30.8. The van der Waals surface area contributed by atoms with Crippen LogP contribution in [0.3, 0.4) is 0 Å². The lowest BCUT2D eigenvalue weighted by Gasteiger charge is -2.64. The number of carbonyl (C=O) groups is 6. The number of Topliss-reactive ketones (excluding diaryl/α,β-unsaturated/α-hetero) is 1. The fourth-order valence-corrected chi connectivity index (χ4v) is 10.5. The summed E-state index contributed by atoms with van der Waals surface area (Å²) >= 11 is 0. The summed E-state index contributed by atoms with van der Waals surface area (Å²) in [5.74, 6) is -7.98. The first-order valence-electron chi connectivity index (χ1n) is 20.3. The van der Waals surface area contributed by atoms with Gasteiger partial charge in [-0.2, -0.15) is 0 Å². The monoisotopic (exact) mass is 830 g/mol. The molecule has 1 aliphatic heterocycles. The Bertz CT molecular complexity index is 2110. The van der Waals surface area contributed by atoms with E-state index in [2.05, 4.69) is 10.6 Å². The first-order valence-corrected chi connectivity index (χ1v) is 20.3. The molecule has 11 atom stereocenters. The van der Waals surface area contributed by atoms with Gasteiger partial charge in [-0.15, -0.1) is 0 Å². The second-order valence-electron chi connectivity index (χ2n) is 18.5. The van der Waals surface area contributed by atoms with Crippen molar-refractivity contribution in [2.24, 2.45) is 28.6 Å². The summed E-state index contributed by atoms with van der Waals surface area (Å²) in [4.78, 5) is 82.9. The van der Waals surface area contributed by atoms with E-state index in [9.17, 15) is 34.2 Å². The first-order chi connectivity index (χ1) is 28.1. The van der Waals surface area contributed by atoms with E-state index in [-0.39, 0.29) is 35.7 Å². The van der Waals surface area contributed by atoms with Crippen LogP contribution in [0.5, 0.6) is 0 Å². The van der Waals surface area contributed by atoms with Gasteiger partial charge in [-0.05, 0) is 75.3 Å². The normalized spacial score (nSPS) is 33.3. The molecule has 60 heavy (non-hydrogen) atoms. The van der Waals surface area contributed by atoms with Crippen LogP contribution in [0.25, 0.3) is 0 Å². The highest BCUT2D eigenvalue weighted by Crippen LogP contribution is 2.75. The second kappa shape index (κ2) is 15.1. The second-order valence-corrected chi connectivity index (χ2v) is 18.5. The van der Waals surface area contributed by atoms with Crippen molar-refractivity contribution in [2.45, 2.75) is 122 Å². The molecule has 2 bridgehead atoms. The van der Waals surface area contributed by atoms with Crippen molar-refractivity contribution in [3.63, 3.8) is 0 Å². The number of hydrogen-bond donors (Lipinski definition) is 4. The molecule has 1 heterocycles. The van der Waals surface area contributed by atoms with E-state index in [4.69, 9.17) is 23.7 Å².